The summed E-state index contributed by atoms with van der Waals surface area (Å²) < 4.78 is 34.5. The van der Waals surface area contributed by atoms with Crippen molar-refractivity contribution in [2.75, 3.05) is 12.9 Å². The van der Waals surface area contributed by atoms with Crippen LogP contribution in [0.1, 0.15) is 10.4 Å². The molecule has 0 amide bonds. The molecule has 1 aromatic heterocycles. The van der Waals surface area contributed by atoms with Crippen LogP contribution in [0, 0.1) is 11.6 Å². The highest BCUT2D eigenvalue weighted by molar-refractivity contribution is 7.99. The zero-order valence-corrected chi connectivity index (χ0v) is 17.2. The minimum Gasteiger partial charge on any atom is -0.494 e. The number of carbonyl (C=O) groups excluding carboxylic acids is 1. The van der Waals surface area contributed by atoms with Gasteiger partial charge in [0.05, 0.1) is 29.5 Å². The van der Waals surface area contributed by atoms with Gasteiger partial charge in [0.1, 0.15) is 5.82 Å². The van der Waals surface area contributed by atoms with E-state index in [9.17, 15) is 18.4 Å². The Morgan fingerprint density at radius 3 is 2.52 bits per heavy atom. The molecule has 0 bridgehead atoms. The molecule has 4 aromatic rings. The van der Waals surface area contributed by atoms with Crippen LogP contribution in [-0.4, -0.2) is 28.2 Å². The van der Waals surface area contributed by atoms with Crippen LogP contribution in [0.4, 0.5) is 8.78 Å². The Bertz CT molecular complexity index is 1350. The molecule has 0 saturated heterocycles. The molecule has 4 rings (SSSR count). The van der Waals surface area contributed by atoms with Gasteiger partial charge in [-0.1, -0.05) is 36.0 Å². The number of aromatic nitrogens is 2. The van der Waals surface area contributed by atoms with Gasteiger partial charge >= 0.3 is 0 Å². The van der Waals surface area contributed by atoms with Crippen molar-refractivity contribution in [2.45, 2.75) is 5.16 Å². The summed E-state index contributed by atoms with van der Waals surface area (Å²) in [4.78, 5) is 30.2. The van der Waals surface area contributed by atoms with Crippen molar-refractivity contribution < 1.29 is 18.3 Å². The lowest BCUT2D eigenvalue weighted by Crippen LogP contribution is -2.23. The predicted molar refractivity (Wildman–Crippen MR) is 115 cm³/mol. The summed E-state index contributed by atoms with van der Waals surface area (Å²) in [6.45, 7) is 0. The Morgan fingerprint density at radius 2 is 1.77 bits per heavy atom. The molecule has 0 radical (unpaired) electrons. The number of hydrogen-bond acceptors (Lipinski definition) is 5. The quantitative estimate of drug-likeness (QED) is 0.249. The van der Waals surface area contributed by atoms with E-state index in [1.807, 2.05) is 0 Å². The van der Waals surface area contributed by atoms with Gasteiger partial charge in [-0.2, -0.15) is 0 Å². The molecule has 0 atom stereocenters. The molecule has 0 aliphatic rings. The van der Waals surface area contributed by atoms with Gasteiger partial charge in [-0.05, 0) is 42.5 Å². The van der Waals surface area contributed by atoms with E-state index < -0.39 is 17.2 Å². The van der Waals surface area contributed by atoms with E-state index in [0.717, 1.165) is 22.4 Å². The highest BCUT2D eigenvalue weighted by Gasteiger charge is 2.18. The summed E-state index contributed by atoms with van der Waals surface area (Å²) in [6, 6.07) is 16.5. The van der Waals surface area contributed by atoms with E-state index in [4.69, 9.17) is 4.74 Å². The lowest BCUT2D eigenvalue weighted by atomic mass is 10.1. The van der Waals surface area contributed by atoms with Gasteiger partial charge in [0.2, 0.25) is 0 Å². The van der Waals surface area contributed by atoms with Crippen molar-refractivity contribution in [2.24, 2.45) is 0 Å². The highest BCUT2D eigenvalue weighted by atomic mass is 32.2. The van der Waals surface area contributed by atoms with E-state index in [-0.39, 0.29) is 33.7 Å². The average Bonchev–Trinajstić information content (AvgIpc) is 2.78. The number of thioether (sulfide) groups is 1. The number of methoxy groups -OCH3 is 1. The summed E-state index contributed by atoms with van der Waals surface area (Å²) >= 11 is 0.980. The monoisotopic (exact) mass is 438 g/mol. The Kier molecular flexibility index (Phi) is 5.81. The summed E-state index contributed by atoms with van der Waals surface area (Å²) in [5, 5.41) is 0.495. The largest absolute Gasteiger partial charge is 0.494 e. The van der Waals surface area contributed by atoms with Crippen molar-refractivity contribution in [3.8, 4) is 11.4 Å². The van der Waals surface area contributed by atoms with Crippen LogP contribution >= 0.6 is 11.8 Å². The van der Waals surface area contributed by atoms with Crippen LogP contribution in [0.3, 0.4) is 0 Å². The standard InChI is InChI=1S/C23H16F2N2O3S/c1-30-21-11-10-14(12-17(21)25)20(28)13-31-23-26-18-8-4-2-6-15(18)22(29)27(23)19-9-5-3-7-16(19)24/h2-12H,13H2,1H3. The zero-order chi connectivity index (χ0) is 22.0. The fourth-order valence-corrected chi connectivity index (χ4v) is 4.01. The van der Waals surface area contributed by atoms with Crippen LogP contribution in [0.25, 0.3) is 16.6 Å². The number of ether oxygens (including phenoxy) is 1. The molecule has 31 heavy (non-hydrogen) atoms. The SMILES string of the molecule is COc1ccc(C(=O)CSc2nc3ccccc3c(=O)n2-c2ccccc2F)cc1F. The first-order valence-electron chi connectivity index (χ1n) is 9.26. The van der Waals surface area contributed by atoms with Gasteiger partial charge in [0.25, 0.3) is 5.56 Å². The first-order valence-corrected chi connectivity index (χ1v) is 10.2. The Hall–Kier alpha value is -3.52. The fourth-order valence-electron chi connectivity index (χ4n) is 3.11. The Labute approximate surface area is 180 Å². The number of benzene rings is 3. The van der Waals surface area contributed by atoms with Gasteiger partial charge < -0.3 is 4.74 Å². The van der Waals surface area contributed by atoms with E-state index in [2.05, 4.69) is 4.98 Å². The maximum Gasteiger partial charge on any atom is 0.266 e. The van der Waals surface area contributed by atoms with Crippen LogP contribution < -0.4 is 10.3 Å². The summed E-state index contributed by atoms with van der Waals surface area (Å²) in [6.07, 6.45) is 0. The number of hydrogen-bond donors (Lipinski definition) is 0. The molecule has 0 aliphatic heterocycles. The third-order valence-corrected chi connectivity index (χ3v) is 5.58. The van der Waals surface area contributed by atoms with Crippen molar-refractivity contribution in [1.29, 1.82) is 0 Å². The third kappa shape index (κ3) is 4.06. The van der Waals surface area contributed by atoms with E-state index in [0.29, 0.717) is 10.9 Å². The molecule has 0 saturated carbocycles. The minimum atomic E-state index is -0.648. The number of halogens is 2. The number of nitrogens with zero attached hydrogens (tertiary/aromatic N) is 2. The fraction of sp³-hybridized carbons (Fsp3) is 0.0870. The average molecular weight is 438 g/mol. The van der Waals surface area contributed by atoms with Crippen LogP contribution in [0.2, 0.25) is 0 Å². The smallest absolute Gasteiger partial charge is 0.266 e. The number of ketones is 1. The van der Waals surface area contributed by atoms with Crippen molar-refractivity contribution in [3.63, 3.8) is 0 Å². The number of Topliss-reactive ketones (excluding diaryl/α,β-unsaturated/α-hetero) is 1. The lowest BCUT2D eigenvalue weighted by molar-refractivity contribution is 0.102. The van der Waals surface area contributed by atoms with E-state index >= 15 is 0 Å². The van der Waals surface area contributed by atoms with Crippen LogP contribution in [0.15, 0.2) is 76.7 Å². The lowest BCUT2D eigenvalue weighted by Gasteiger charge is -2.13. The second kappa shape index (κ2) is 8.69. The van der Waals surface area contributed by atoms with Gasteiger partial charge in [0.15, 0.2) is 22.5 Å². The molecule has 0 aliphatic carbocycles. The van der Waals surface area contributed by atoms with Gasteiger partial charge in [-0.25, -0.2) is 13.8 Å². The van der Waals surface area contributed by atoms with E-state index in [1.54, 1.807) is 30.3 Å². The van der Waals surface area contributed by atoms with Gasteiger partial charge in [0, 0.05) is 5.56 Å². The zero-order valence-electron chi connectivity index (χ0n) is 16.3. The third-order valence-electron chi connectivity index (χ3n) is 4.64. The molecule has 1 heterocycles. The molecular weight excluding hydrogens is 422 g/mol. The maximum absolute atomic E-state index is 14.5. The molecule has 0 fully saturated rings. The minimum absolute atomic E-state index is 0.0359. The molecule has 8 heteroatoms. The second-order valence-corrected chi connectivity index (χ2v) is 7.51. The molecule has 0 unspecified atom stereocenters. The second-order valence-electron chi connectivity index (χ2n) is 6.56. The molecular formula is C23H16F2N2O3S. The van der Waals surface area contributed by atoms with Gasteiger partial charge in [-0.3, -0.25) is 14.2 Å². The van der Waals surface area contributed by atoms with Crippen molar-refractivity contribution >= 4 is 28.4 Å². The highest BCUT2D eigenvalue weighted by Crippen LogP contribution is 2.24. The number of carbonyl (C=O) groups is 1. The van der Waals surface area contributed by atoms with Gasteiger partial charge in [-0.15, -0.1) is 0 Å². The Balaban J connectivity index is 1.74. The summed E-state index contributed by atoms with van der Waals surface area (Å²) in [5.74, 6) is -1.69. The molecule has 0 spiro atoms. The number of fused-ring (bicyclic) bond motifs is 1. The molecule has 5 nitrogen and oxygen atoms in total. The normalized spacial score (nSPS) is 10.9. The molecule has 156 valence electrons. The Morgan fingerprint density at radius 1 is 1.03 bits per heavy atom. The number of para-hydroxylation sites is 2. The molecule has 3 aromatic carbocycles. The van der Waals surface area contributed by atoms with E-state index in [1.165, 1.54) is 37.4 Å². The first-order chi connectivity index (χ1) is 15.0. The summed E-state index contributed by atoms with van der Waals surface area (Å²) in [7, 11) is 1.34. The predicted octanol–water partition coefficient (Wildman–Crippen LogP) is 4.65. The maximum atomic E-state index is 14.5. The molecule has 0 N–H and O–H groups in total. The van der Waals surface area contributed by atoms with Crippen molar-refractivity contribution in [1.82, 2.24) is 9.55 Å². The number of rotatable bonds is 6. The topological polar surface area (TPSA) is 61.2 Å². The van der Waals surface area contributed by atoms with Crippen LogP contribution in [0.5, 0.6) is 5.75 Å². The van der Waals surface area contributed by atoms with Crippen LogP contribution in [-0.2, 0) is 0 Å². The van der Waals surface area contributed by atoms with Crippen molar-refractivity contribution in [3.05, 3.63) is 94.3 Å². The first kappa shape index (κ1) is 20.7. The summed E-state index contributed by atoms with van der Waals surface area (Å²) in [5.41, 5.74) is 0.189.